The molecule has 3 aromatic rings. The standard InChI is InChI=1S/C17H17N3O2S/c1-11(8-12-6-7-23-10-12)18-17(22)15-9-14(19-20-15)13-4-2-3-5-16(13)21/h2-7,9-11,21H,8H2,1H3,(H,18,22)(H,19,20)/t11-/m0/s1. The average molecular weight is 327 g/mol. The number of phenols is 1. The Balaban J connectivity index is 1.68. The fourth-order valence-corrected chi connectivity index (χ4v) is 3.06. The average Bonchev–Trinajstić information content (AvgIpc) is 3.19. The highest BCUT2D eigenvalue weighted by molar-refractivity contribution is 7.07. The number of nitrogens with one attached hydrogen (secondary N) is 2. The first kappa shape index (κ1) is 15.3. The van der Waals surface area contributed by atoms with Crippen molar-refractivity contribution in [3.05, 3.63) is 58.4 Å². The molecule has 0 spiro atoms. The summed E-state index contributed by atoms with van der Waals surface area (Å²) in [5.41, 5.74) is 2.72. The van der Waals surface area contributed by atoms with E-state index in [1.807, 2.05) is 18.4 Å². The number of aromatic hydroxyl groups is 1. The molecule has 0 unspecified atom stereocenters. The van der Waals surface area contributed by atoms with Gasteiger partial charge in [-0.1, -0.05) is 12.1 Å². The van der Waals surface area contributed by atoms with Crippen LogP contribution in [0.1, 0.15) is 23.0 Å². The van der Waals surface area contributed by atoms with Gasteiger partial charge >= 0.3 is 0 Å². The van der Waals surface area contributed by atoms with E-state index in [-0.39, 0.29) is 17.7 Å². The summed E-state index contributed by atoms with van der Waals surface area (Å²) in [6, 6.07) is 10.6. The van der Waals surface area contributed by atoms with Crippen LogP contribution >= 0.6 is 11.3 Å². The van der Waals surface area contributed by atoms with Crippen molar-refractivity contribution in [1.82, 2.24) is 15.5 Å². The smallest absolute Gasteiger partial charge is 0.269 e. The molecule has 0 aliphatic carbocycles. The van der Waals surface area contributed by atoms with Crippen LogP contribution in [-0.4, -0.2) is 27.3 Å². The highest BCUT2D eigenvalue weighted by atomic mass is 32.1. The van der Waals surface area contributed by atoms with E-state index in [0.717, 1.165) is 6.42 Å². The molecule has 1 atom stereocenters. The lowest BCUT2D eigenvalue weighted by Crippen LogP contribution is -2.34. The summed E-state index contributed by atoms with van der Waals surface area (Å²) < 4.78 is 0. The third-order valence-corrected chi connectivity index (χ3v) is 4.23. The lowest BCUT2D eigenvalue weighted by Gasteiger charge is -2.12. The minimum Gasteiger partial charge on any atom is -0.507 e. The maximum atomic E-state index is 12.3. The van der Waals surface area contributed by atoms with Crippen molar-refractivity contribution in [3.8, 4) is 17.0 Å². The minimum atomic E-state index is -0.207. The lowest BCUT2D eigenvalue weighted by atomic mass is 10.1. The first-order valence-corrected chi connectivity index (χ1v) is 8.23. The van der Waals surface area contributed by atoms with Crippen molar-refractivity contribution in [2.45, 2.75) is 19.4 Å². The third kappa shape index (κ3) is 3.60. The Hall–Kier alpha value is -2.60. The number of para-hydroxylation sites is 1. The first-order chi connectivity index (χ1) is 11.1. The zero-order valence-corrected chi connectivity index (χ0v) is 13.4. The lowest BCUT2D eigenvalue weighted by molar-refractivity contribution is 0.0935. The number of aromatic amines is 1. The third-order valence-electron chi connectivity index (χ3n) is 3.50. The topological polar surface area (TPSA) is 78.0 Å². The number of amides is 1. The number of phenolic OH excluding ortho intramolecular Hbond substituents is 1. The van der Waals surface area contributed by atoms with E-state index >= 15 is 0 Å². The SMILES string of the molecule is C[C@@H](Cc1ccsc1)NC(=O)c1cc(-c2ccccc2O)n[nH]1. The molecule has 118 valence electrons. The molecule has 0 radical (unpaired) electrons. The van der Waals surface area contributed by atoms with Gasteiger partial charge in [-0.2, -0.15) is 16.4 Å². The predicted molar refractivity (Wildman–Crippen MR) is 90.6 cm³/mol. The van der Waals surface area contributed by atoms with Crippen LogP contribution in [0.25, 0.3) is 11.3 Å². The Kier molecular flexibility index (Phi) is 4.43. The number of hydrogen-bond acceptors (Lipinski definition) is 4. The van der Waals surface area contributed by atoms with Gasteiger partial charge in [0.1, 0.15) is 11.4 Å². The summed E-state index contributed by atoms with van der Waals surface area (Å²) in [5, 5.41) is 23.7. The first-order valence-electron chi connectivity index (χ1n) is 7.29. The fourth-order valence-electron chi connectivity index (χ4n) is 2.38. The highest BCUT2D eigenvalue weighted by Gasteiger charge is 2.15. The van der Waals surface area contributed by atoms with Crippen LogP contribution in [0.15, 0.2) is 47.2 Å². The molecule has 2 aromatic heterocycles. The summed E-state index contributed by atoms with van der Waals surface area (Å²) >= 11 is 1.65. The molecule has 0 aliphatic heterocycles. The van der Waals surface area contributed by atoms with E-state index in [2.05, 4.69) is 27.0 Å². The number of H-pyrrole nitrogens is 1. The van der Waals surface area contributed by atoms with Gasteiger partial charge in [0, 0.05) is 11.6 Å². The van der Waals surface area contributed by atoms with E-state index in [9.17, 15) is 9.90 Å². The van der Waals surface area contributed by atoms with Crippen molar-refractivity contribution >= 4 is 17.2 Å². The molecule has 6 heteroatoms. The second-order valence-electron chi connectivity index (χ2n) is 5.39. The number of hydrogen-bond donors (Lipinski definition) is 3. The molecule has 1 amide bonds. The van der Waals surface area contributed by atoms with E-state index in [4.69, 9.17) is 0 Å². The van der Waals surface area contributed by atoms with Gasteiger partial charge in [0.15, 0.2) is 0 Å². The molecule has 3 rings (SSSR count). The second-order valence-corrected chi connectivity index (χ2v) is 6.17. The van der Waals surface area contributed by atoms with Gasteiger partial charge < -0.3 is 10.4 Å². The van der Waals surface area contributed by atoms with Crippen molar-refractivity contribution < 1.29 is 9.90 Å². The van der Waals surface area contributed by atoms with Crippen LogP contribution in [0.2, 0.25) is 0 Å². The summed E-state index contributed by atoms with van der Waals surface area (Å²) in [7, 11) is 0. The van der Waals surface area contributed by atoms with Gasteiger partial charge in [0.2, 0.25) is 0 Å². The molecular weight excluding hydrogens is 310 g/mol. The summed E-state index contributed by atoms with van der Waals surface area (Å²) in [4.78, 5) is 12.3. The molecule has 23 heavy (non-hydrogen) atoms. The molecule has 3 N–H and O–H groups in total. The molecule has 2 heterocycles. The molecule has 5 nitrogen and oxygen atoms in total. The monoisotopic (exact) mass is 327 g/mol. The number of aromatic nitrogens is 2. The van der Waals surface area contributed by atoms with Crippen LogP contribution in [0, 0.1) is 0 Å². The Morgan fingerprint density at radius 1 is 1.39 bits per heavy atom. The molecule has 0 aliphatic rings. The number of carbonyl (C=O) groups is 1. The molecule has 0 saturated carbocycles. The fraction of sp³-hybridized carbons (Fsp3) is 0.176. The molecule has 0 saturated heterocycles. The minimum absolute atomic E-state index is 0.0222. The van der Waals surface area contributed by atoms with Crippen LogP contribution in [0.5, 0.6) is 5.75 Å². The van der Waals surface area contributed by atoms with Crippen molar-refractivity contribution in [1.29, 1.82) is 0 Å². The largest absolute Gasteiger partial charge is 0.507 e. The van der Waals surface area contributed by atoms with Crippen LogP contribution in [0.3, 0.4) is 0 Å². The van der Waals surface area contributed by atoms with E-state index < -0.39 is 0 Å². The van der Waals surface area contributed by atoms with Gasteiger partial charge in [0.25, 0.3) is 5.91 Å². The van der Waals surface area contributed by atoms with Gasteiger partial charge in [0.05, 0.1) is 5.69 Å². The van der Waals surface area contributed by atoms with Gasteiger partial charge in [-0.05, 0) is 53.9 Å². The van der Waals surface area contributed by atoms with Crippen molar-refractivity contribution in [2.24, 2.45) is 0 Å². The maximum absolute atomic E-state index is 12.3. The highest BCUT2D eigenvalue weighted by Crippen LogP contribution is 2.27. The Labute approximate surface area is 138 Å². The van der Waals surface area contributed by atoms with E-state index in [1.54, 1.807) is 35.6 Å². The quantitative estimate of drug-likeness (QED) is 0.673. The van der Waals surface area contributed by atoms with Gasteiger partial charge in [-0.15, -0.1) is 0 Å². The Morgan fingerprint density at radius 2 is 2.22 bits per heavy atom. The van der Waals surface area contributed by atoms with Crippen LogP contribution < -0.4 is 5.32 Å². The maximum Gasteiger partial charge on any atom is 0.269 e. The van der Waals surface area contributed by atoms with E-state index in [1.165, 1.54) is 5.56 Å². The molecule has 1 aromatic carbocycles. The zero-order chi connectivity index (χ0) is 16.2. The number of benzene rings is 1. The number of rotatable bonds is 5. The predicted octanol–water partition coefficient (Wildman–Crippen LogP) is 3.20. The van der Waals surface area contributed by atoms with Crippen LogP contribution in [-0.2, 0) is 6.42 Å². The molecule has 0 fully saturated rings. The number of nitrogens with zero attached hydrogens (tertiary/aromatic N) is 1. The van der Waals surface area contributed by atoms with Crippen LogP contribution in [0.4, 0.5) is 0 Å². The Morgan fingerprint density at radius 3 is 2.96 bits per heavy atom. The Bertz CT molecular complexity index is 796. The zero-order valence-electron chi connectivity index (χ0n) is 12.6. The second kappa shape index (κ2) is 6.66. The molecule has 0 bridgehead atoms. The summed E-state index contributed by atoms with van der Waals surface area (Å²) in [6.07, 6.45) is 0.787. The summed E-state index contributed by atoms with van der Waals surface area (Å²) in [6.45, 7) is 1.97. The normalized spacial score (nSPS) is 12.0. The number of carbonyl (C=O) groups excluding carboxylic acids is 1. The summed E-state index contributed by atoms with van der Waals surface area (Å²) in [5.74, 6) is -0.0707. The van der Waals surface area contributed by atoms with Gasteiger partial charge in [-0.25, -0.2) is 0 Å². The molecular formula is C17H17N3O2S. The van der Waals surface area contributed by atoms with Crippen molar-refractivity contribution in [2.75, 3.05) is 0 Å². The van der Waals surface area contributed by atoms with Crippen molar-refractivity contribution in [3.63, 3.8) is 0 Å². The number of thiophene rings is 1. The van der Waals surface area contributed by atoms with E-state index in [0.29, 0.717) is 17.0 Å². The van der Waals surface area contributed by atoms with Gasteiger partial charge in [-0.3, -0.25) is 9.89 Å².